The SMILES string of the molecule is COC(=O)C(Cc1ccc(N)cc1)NC(=S)c1ccccc1C(F)(F)F. The van der Waals surface area contributed by atoms with Gasteiger partial charge in [-0.15, -0.1) is 0 Å². The van der Waals surface area contributed by atoms with E-state index in [2.05, 4.69) is 5.32 Å². The van der Waals surface area contributed by atoms with Gasteiger partial charge in [-0.25, -0.2) is 4.79 Å². The lowest BCUT2D eigenvalue weighted by molar-refractivity contribution is -0.142. The molecule has 2 aromatic rings. The maximum atomic E-state index is 13.2. The summed E-state index contributed by atoms with van der Waals surface area (Å²) >= 11 is 5.12. The predicted molar refractivity (Wildman–Crippen MR) is 96.6 cm³/mol. The van der Waals surface area contributed by atoms with E-state index in [-0.39, 0.29) is 17.0 Å². The van der Waals surface area contributed by atoms with Crippen LogP contribution < -0.4 is 11.1 Å². The molecular formula is C18H17F3N2O2S. The van der Waals surface area contributed by atoms with E-state index < -0.39 is 23.8 Å². The average molecular weight is 382 g/mol. The number of carbonyl (C=O) groups is 1. The Bertz CT molecular complexity index is 792. The van der Waals surface area contributed by atoms with Crippen LogP contribution in [0.2, 0.25) is 0 Å². The molecule has 0 fully saturated rings. The van der Waals surface area contributed by atoms with Gasteiger partial charge in [0, 0.05) is 17.7 Å². The molecule has 0 spiro atoms. The lowest BCUT2D eigenvalue weighted by Gasteiger charge is -2.20. The molecule has 0 bridgehead atoms. The van der Waals surface area contributed by atoms with Crippen LogP contribution in [0.4, 0.5) is 18.9 Å². The third-order valence-electron chi connectivity index (χ3n) is 3.69. The Labute approximate surface area is 154 Å². The number of hydrogen-bond acceptors (Lipinski definition) is 4. The number of anilines is 1. The second-order valence-electron chi connectivity index (χ2n) is 5.54. The highest BCUT2D eigenvalue weighted by atomic mass is 32.1. The first kappa shape index (κ1) is 19.7. The molecule has 1 unspecified atom stereocenters. The minimum absolute atomic E-state index is 0.177. The van der Waals surface area contributed by atoms with Gasteiger partial charge in [0.2, 0.25) is 0 Å². The molecule has 1 atom stereocenters. The van der Waals surface area contributed by atoms with Gasteiger partial charge >= 0.3 is 12.1 Å². The summed E-state index contributed by atoms with van der Waals surface area (Å²) in [4.78, 5) is 11.9. The summed E-state index contributed by atoms with van der Waals surface area (Å²) in [5.74, 6) is -0.631. The lowest BCUT2D eigenvalue weighted by Crippen LogP contribution is -2.43. The molecule has 0 radical (unpaired) electrons. The van der Waals surface area contributed by atoms with E-state index in [1.54, 1.807) is 24.3 Å². The van der Waals surface area contributed by atoms with Crippen molar-refractivity contribution in [2.75, 3.05) is 12.8 Å². The summed E-state index contributed by atoms with van der Waals surface area (Å²) in [6.07, 6.45) is -4.37. The molecule has 0 heterocycles. The summed E-state index contributed by atoms with van der Waals surface area (Å²) in [5.41, 5.74) is 5.88. The van der Waals surface area contributed by atoms with Gasteiger partial charge < -0.3 is 15.8 Å². The summed E-state index contributed by atoms with van der Waals surface area (Å²) < 4.78 is 44.2. The predicted octanol–water partition coefficient (Wildman–Crippen LogP) is 3.34. The molecule has 0 aliphatic rings. The zero-order chi connectivity index (χ0) is 19.3. The van der Waals surface area contributed by atoms with Crippen molar-refractivity contribution in [1.29, 1.82) is 0 Å². The Kier molecular flexibility index (Phi) is 6.20. The van der Waals surface area contributed by atoms with Crippen LogP contribution in [-0.2, 0) is 22.1 Å². The maximum Gasteiger partial charge on any atom is 0.417 e. The number of nitrogens with one attached hydrogen (secondary N) is 1. The monoisotopic (exact) mass is 382 g/mol. The van der Waals surface area contributed by atoms with Crippen LogP contribution in [0, 0.1) is 0 Å². The van der Waals surface area contributed by atoms with Crippen molar-refractivity contribution in [3.05, 3.63) is 65.2 Å². The van der Waals surface area contributed by atoms with Crippen molar-refractivity contribution >= 4 is 28.9 Å². The number of carbonyl (C=O) groups excluding carboxylic acids is 1. The van der Waals surface area contributed by atoms with Crippen LogP contribution in [0.1, 0.15) is 16.7 Å². The van der Waals surface area contributed by atoms with Gasteiger partial charge in [0.25, 0.3) is 0 Å². The minimum atomic E-state index is -4.56. The Morgan fingerprint density at radius 1 is 1.19 bits per heavy atom. The topological polar surface area (TPSA) is 64.3 Å². The molecule has 4 nitrogen and oxygen atoms in total. The molecular weight excluding hydrogens is 365 g/mol. The van der Waals surface area contributed by atoms with E-state index >= 15 is 0 Å². The first-order valence-corrected chi connectivity index (χ1v) is 8.02. The molecule has 2 aromatic carbocycles. The fraction of sp³-hybridized carbons (Fsp3) is 0.222. The number of nitrogens with two attached hydrogens (primary N) is 1. The molecule has 2 rings (SSSR count). The van der Waals surface area contributed by atoms with E-state index in [4.69, 9.17) is 22.7 Å². The molecule has 0 aliphatic carbocycles. The zero-order valence-electron chi connectivity index (χ0n) is 13.8. The Hall–Kier alpha value is -2.61. The van der Waals surface area contributed by atoms with Gasteiger partial charge in [0.15, 0.2) is 0 Å². The van der Waals surface area contributed by atoms with Crippen molar-refractivity contribution in [2.45, 2.75) is 18.6 Å². The highest BCUT2D eigenvalue weighted by Gasteiger charge is 2.34. The highest BCUT2D eigenvalue weighted by Crippen LogP contribution is 2.32. The van der Waals surface area contributed by atoms with Gasteiger partial charge in [-0.1, -0.05) is 42.5 Å². The van der Waals surface area contributed by atoms with Gasteiger partial charge in [-0.3, -0.25) is 0 Å². The molecule has 26 heavy (non-hydrogen) atoms. The van der Waals surface area contributed by atoms with Crippen molar-refractivity contribution in [3.8, 4) is 0 Å². The van der Waals surface area contributed by atoms with Crippen LogP contribution in [0.3, 0.4) is 0 Å². The molecule has 0 saturated heterocycles. The summed E-state index contributed by atoms with van der Waals surface area (Å²) in [6.45, 7) is 0. The fourth-order valence-corrected chi connectivity index (χ4v) is 2.71. The number of rotatable bonds is 5. The van der Waals surface area contributed by atoms with Crippen LogP contribution in [0.15, 0.2) is 48.5 Å². The Balaban J connectivity index is 2.25. The van der Waals surface area contributed by atoms with E-state index in [0.29, 0.717) is 5.69 Å². The normalized spacial score (nSPS) is 12.3. The van der Waals surface area contributed by atoms with Gasteiger partial charge in [-0.2, -0.15) is 13.2 Å². The molecule has 3 N–H and O–H groups in total. The number of hydrogen-bond donors (Lipinski definition) is 2. The van der Waals surface area contributed by atoms with Gasteiger partial charge in [0.05, 0.1) is 12.7 Å². The fourth-order valence-electron chi connectivity index (χ4n) is 2.39. The third kappa shape index (κ3) is 4.95. The van der Waals surface area contributed by atoms with Crippen LogP contribution in [0.25, 0.3) is 0 Å². The molecule has 0 aromatic heterocycles. The molecule has 0 aliphatic heterocycles. The first-order chi connectivity index (χ1) is 12.2. The lowest BCUT2D eigenvalue weighted by atomic mass is 10.0. The van der Waals surface area contributed by atoms with Gasteiger partial charge in [0.1, 0.15) is 11.0 Å². The number of alkyl halides is 3. The average Bonchev–Trinajstić information content (AvgIpc) is 2.61. The molecule has 138 valence electrons. The summed E-state index contributed by atoms with van der Waals surface area (Å²) in [5, 5.41) is 2.69. The number of methoxy groups -OCH3 is 1. The van der Waals surface area contributed by atoms with Crippen LogP contribution in [-0.4, -0.2) is 24.1 Å². The maximum absolute atomic E-state index is 13.2. The number of benzene rings is 2. The van der Waals surface area contributed by atoms with Crippen molar-refractivity contribution in [1.82, 2.24) is 5.32 Å². The highest BCUT2D eigenvalue weighted by molar-refractivity contribution is 7.80. The summed E-state index contributed by atoms with van der Waals surface area (Å²) in [7, 11) is 1.20. The van der Waals surface area contributed by atoms with E-state index in [9.17, 15) is 18.0 Å². The first-order valence-electron chi connectivity index (χ1n) is 7.61. The quantitative estimate of drug-likeness (QED) is 0.472. The van der Waals surface area contributed by atoms with Crippen LogP contribution in [0.5, 0.6) is 0 Å². The van der Waals surface area contributed by atoms with Crippen molar-refractivity contribution in [2.24, 2.45) is 0 Å². The Morgan fingerprint density at radius 2 is 1.81 bits per heavy atom. The number of nitrogen functional groups attached to an aromatic ring is 1. The van der Waals surface area contributed by atoms with E-state index in [0.717, 1.165) is 11.6 Å². The largest absolute Gasteiger partial charge is 0.467 e. The van der Waals surface area contributed by atoms with E-state index in [1.807, 2.05) is 0 Å². The second-order valence-corrected chi connectivity index (χ2v) is 5.95. The number of thiocarbonyl (C=S) groups is 1. The van der Waals surface area contributed by atoms with Gasteiger partial charge in [-0.05, 0) is 23.8 Å². The smallest absolute Gasteiger partial charge is 0.417 e. The standard InChI is InChI=1S/C18H17F3N2O2S/c1-25-17(24)15(10-11-6-8-12(22)9-7-11)23-16(26)13-4-2-3-5-14(13)18(19,20)21/h2-9,15H,10,22H2,1H3,(H,23,26). The third-order valence-corrected chi connectivity index (χ3v) is 4.03. The summed E-state index contributed by atoms with van der Waals surface area (Å²) in [6, 6.07) is 10.8. The van der Waals surface area contributed by atoms with Crippen molar-refractivity contribution < 1.29 is 22.7 Å². The molecule has 0 amide bonds. The zero-order valence-corrected chi connectivity index (χ0v) is 14.7. The minimum Gasteiger partial charge on any atom is -0.467 e. The van der Waals surface area contributed by atoms with E-state index in [1.165, 1.54) is 25.3 Å². The molecule has 8 heteroatoms. The second kappa shape index (κ2) is 8.18. The Morgan fingerprint density at radius 3 is 2.38 bits per heavy atom. The van der Waals surface area contributed by atoms with Crippen LogP contribution >= 0.6 is 12.2 Å². The number of esters is 1. The van der Waals surface area contributed by atoms with Crippen molar-refractivity contribution in [3.63, 3.8) is 0 Å². The number of halogens is 3. The number of ether oxygens (including phenoxy) is 1. The molecule has 0 saturated carbocycles.